The van der Waals surface area contributed by atoms with Gasteiger partial charge < -0.3 is 21.1 Å². The van der Waals surface area contributed by atoms with Gasteiger partial charge in [0.05, 0.1) is 13.0 Å². The smallest absolute Gasteiger partial charge is 0.305 e. The number of aromatic nitrogens is 1. The molecule has 2 amide bonds. The van der Waals surface area contributed by atoms with Gasteiger partial charge in [-0.05, 0) is 30.3 Å². The number of aliphatic carboxylic acids is 1. The molecule has 1 aromatic carbocycles. The highest BCUT2D eigenvalue weighted by Gasteiger charge is 2.09. The zero-order chi connectivity index (χ0) is 18.1. The fourth-order valence-electron chi connectivity index (χ4n) is 1.96. The molecule has 0 aliphatic rings. The number of amides is 2. The third-order valence-electron chi connectivity index (χ3n) is 3.13. The van der Waals surface area contributed by atoms with Gasteiger partial charge in [-0.2, -0.15) is 0 Å². The maximum Gasteiger partial charge on any atom is 0.305 e. The third-order valence-corrected chi connectivity index (χ3v) is 3.13. The topological polar surface area (TPSA) is 120 Å². The highest BCUT2D eigenvalue weighted by molar-refractivity contribution is 5.97. The van der Waals surface area contributed by atoms with Crippen LogP contribution in [0.25, 0.3) is 0 Å². The van der Waals surface area contributed by atoms with Crippen LogP contribution in [-0.4, -0.2) is 41.0 Å². The Morgan fingerprint density at radius 3 is 2.60 bits per heavy atom. The van der Waals surface area contributed by atoms with Gasteiger partial charge in [-0.15, -0.1) is 0 Å². The predicted molar refractivity (Wildman–Crippen MR) is 91.6 cm³/mol. The molecule has 1 heterocycles. The van der Waals surface area contributed by atoms with Gasteiger partial charge in [0.1, 0.15) is 5.82 Å². The molecule has 0 spiro atoms. The fraction of sp³-hybridized carbons (Fsp3) is 0.176. The van der Waals surface area contributed by atoms with E-state index in [1.54, 1.807) is 42.6 Å². The largest absolute Gasteiger partial charge is 0.481 e. The number of benzene rings is 1. The normalized spacial score (nSPS) is 9.92. The second-order valence-corrected chi connectivity index (χ2v) is 5.10. The Hall–Kier alpha value is -3.42. The predicted octanol–water partition coefficient (Wildman–Crippen LogP) is 1.15. The van der Waals surface area contributed by atoms with Crippen molar-refractivity contribution in [2.45, 2.75) is 6.42 Å². The van der Waals surface area contributed by atoms with Crippen LogP contribution in [0.15, 0.2) is 48.7 Å². The molecule has 0 fully saturated rings. The number of pyridine rings is 1. The number of carboxylic acids is 1. The Labute approximate surface area is 144 Å². The second-order valence-electron chi connectivity index (χ2n) is 5.10. The first-order valence-electron chi connectivity index (χ1n) is 7.59. The molecule has 2 aromatic rings. The minimum atomic E-state index is -0.999. The number of hydrogen-bond acceptors (Lipinski definition) is 5. The van der Waals surface area contributed by atoms with E-state index in [0.717, 1.165) is 0 Å². The van der Waals surface area contributed by atoms with Crippen LogP contribution in [0.3, 0.4) is 0 Å². The fourth-order valence-corrected chi connectivity index (χ4v) is 1.96. The van der Waals surface area contributed by atoms with Crippen molar-refractivity contribution < 1.29 is 19.5 Å². The van der Waals surface area contributed by atoms with Gasteiger partial charge in [0.15, 0.2) is 0 Å². The van der Waals surface area contributed by atoms with Crippen molar-refractivity contribution in [1.29, 1.82) is 0 Å². The lowest BCUT2D eigenvalue weighted by molar-refractivity contribution is -0.136. The number of carboxylic acid groups (broad SMARTS) is 1. The molecule has 0 aliphatic heterocycles. The van der Waals surface area contributed by atoms with E-state index in [-0.39, 0.29) is 19.5 Å². The third kappa shape index (κ3) is 6.30. The summed E-state index contributed by atoms with van der Waals surface area (Å²) < 4.78 is 0. The number of carbonyl (C=O) groups excluding carboxylic acids is 2. The molecule has 130 valence electrons. The Morgan fingerprint density at radius 1 is 1.04 bits per heavy atom. The minimum Gasteiger partial charge on any atom is -0.481 e. The van der Waals surface area contributed by atoms with Crippen molar-refractivity contribution in [2.24, 2.45) is 0 Å². The first-order valence-corrected chi connectivity index (χ1v) is 7.59. The number of rotatable bonds is 8. The van der Waals surface area contributed by atoms with Crippen LogP contribution in [-0.2, 0) is 9.59 Å². The van der Waals surface area contributed by atoms with Crippen molar-refractivity contribution in [1.82, 2.24) is 15.6 Å². The summed E-state index contributed by atoms with van der Waals surface area (Å²) in [5.74, 6) is -1.20. The summed E-state index contributed by atoms with van der Waals surface area (Å²) in [6, 6.07) is 12.2. The van der Waals surface area contributed by atoms with Gasteiger partial charge in [-0.1, -0.05) is 12.1 Å². The van der Waals surface area contributed by atoms with Crippen LogP contribution in [0.1, 0.15) is 16.8 Å². The van der Waals surface area contributed by atoms with Crippen LogP contribution in [0.2, 0.25) is 0 Å². The molecule has 8 heteroatoms. The van der Waals surface area contributed by atoms with Crippen LogP contribution < -0.4 is 16.0 Å². The Balaban J connectivity index is 1.86. The van der Waals surface area contributed by atoms with E-state index in [1.807, 2.05) is 6.07 Å². The molecule has 8 nitrogen and oxygen atoms in total. The summed E-state index contributed by atoms with van der Waals surface area (Å²) in [5.41, 5.74) is 1.08. The zero-order valence-electron chi connectivity index (χ0n) is 13.4. The average molecular weight is 342 g/mol. The summed E-state index contributed by atoms with van der Waals surface area (Å²) in [6.07, 6.45) is 1.49. The average Bonchev–Trinajstić information content (AvgIpc) is 2.60. The molecular weight excluding hydrogens is 324 g/mol. The molecular formula is C17H18N4O4. The van der Waals surface area contributed by atoms with Gasteiger partial charge in [0.2, 0.25) is 5.91 Å². The highest BCUT2D eigenvalue weighted by atomic mass is 16.4. The quantitative estimate of drug-likeness (QED) is 0.571. The van der Waals surface area contributed by atoms with Gasteiger partial charge in [0, 0.05) is 24.0 Å². The molecule has 0 aliphatic carbocycles. The Morgan fingerprint density at radius 2 is 1.88 bits per heavy atom. The number of carbonyl (C=O) groups is 3. The minimum absolute atomic E-state index is 0.0213. The van der Waals surface area contributed by atoms with Gasteiger partial charge in [-0.25, -0.2) is 4.98 Å². The van der Waals surface area contributed by atoms with E-state index >= 15 is 0 Å². The Bertz CT molecular complexity index is 749. The molecule has 0 atom stereocenters. The SMILES string of the molecule is O=C(O)CCNC(=O)CNC(=O)c1cccc(Nc2ccccn2)c1. The summed E-state index contributed by atoms with van der Waals surface area (Å²) >= 11 is 0. The summed E-state index contributed by atoms with van der Waals surface area (Å²) in [4.78, 5) is 38.1. The van der Waals surface area contributed by atoms with Crippen LogP contribution in [0, 0.1) is 0 Å². The van der Waals surface area contributed by atoms with Crippen LogP contribution in [0.4, 0.5) is 11.5 Å². The van der Waals surface area contributed by atoms with Crippen molar-refractivity contribution in [2.75, 3.05) is 18.4 Å². The molecule has 0 saturated carbocycles. The molecule has 0 unspecified atom stereocenters. The van der Waals surface area contributed by atoms with Crippen molar-refractivity contribution in [3.63, 3.8) is 0 Å². The monoisotopic (exact) mass is 342 g/mol. The molecule has 0 saturated heterocycles. The molecule has 4 N–H and O–H groups in total. The summed E-state index contributed by atoms with van der Waals surface area (Å²) in [5, 5.41) is 16.5. The second kappa shape index (κ2) is 9.02. The Kier molecular flexibility index (Phi) is 6.47. The van der Waals surface area contributed by atoms with E-state index in [0.29, 0.717) is 17.1 Å². The van der Waals surface area contributed by atoms with Crippen molar-refractivity contribution in [3.8, 4) is 0 Å². The number of nitrogens with one attached hydrogen (secondary N) is 3. The maximum absolute atomic E-state index is 12.1. The highest BCUT2D eigenvalue weighted by Crippen LogP contribution is 2.15. The lowest BCUT2D eigenvalue weighted by atomic mass is 10.2. The van der Waals surface area contributed by atoms with Gasteiger partial charge in [-0.3, -0.25) is 14.4 Å². The molecule has 0 radical (unpaired) electrons. The first kappa shape index (κ1) is 17.9. The van der Waals surface area contributed by atoms with E-state index in [1.165, 1.54) is 0 Å². The van der Waals surface area contributed by atoms with Gasteiger partial charge >= 0.3 is 5.97 Å². The lowest BCUT2D eigenvalue weighted by Crippen LogP contribution is -2.37. The standard InChI is InChI=1S/C17H18N4O4/c22-15(19-9-7-16(23)24)11-20-17(25)12-4-3-5-13(10-12)21-14-6-1-2-8-18-14/h1-6,8,10H,7,9,11H2,(H,18,21)(H,19,22)(H,20,25)(H,23,24). The van der Waals surface area contributed by atoms with E-state index < -0.39 is 17.8 Å². The number of nitrogens with zero attached hydrogens (tertiary/aromatic N) is 1. The van der Waals surface area contributed by atoms with E-state index in [2.05, 4.69) is 20.9 Å². The number of hydrogen-bond donors (Lipinski definition) is 4. The number of anilines is 2. The maximum atomic E-state index is 12.1. The van der Waals surface area contributed by atoms with Crippen molar-refractivity contribution in [3.05, 3.63) is 54.2 Å². The zero-order valence-corrected chi connectivity index (χ0v) is 13.4. The summed E-state index contributed by atoms with van der Waals surface area (Å²) in [7, 11) is 0. The summed E-state index contributed by atoms with van der Waals surface area (Å²) in [6.45, 7) is -0.204. The molecule has 1 aromatic heterocycles. The molecule has 2 rings (SSSR count). The lowest BCUT2D eigenvalue weighted by Gasteiger charge is -2.09. The van der Waals surface area contributed by atoms with Crippen LogP contribution >= 0.6 is 0 Å². The first-order chi connectivity index (χ1) is 12.0. The van der Waals surface area contributed by atoms with E-state index in [4.69, 9.17) is 5.11 Å². The molecule has 0 bridgehead atoms. The van der Waals surface area contributed by atoms with E-state index in [9.17, 15) is 14.4 Å². The molecule has 25 heavy (non-hydrogen) atoms. The van der Waals surface area contributed by atoms with Crippen LogP contribution in [0.5, 0.6) is 0 Å². The van der Waals surface area contributed by atoms with Gasteiger partial charge in [0.25, 0.3) is 5.91 Å². The van der Waals surface area contributed by atoms with Crippen molar-refractivity contribution >= 4 is 29.3 Å².